The Morgan fingerprint density at radius 3 is 2.07 bits per heavy atom. The molecule has 2 aliphatic rings. The van der Waals surface area contributed by atoms with E-state index in [9.17, 15) is 0 Å². The van der Waals surface area contributed by atoms with E-state index >= 15 is 0 Å². The number of fused-ring (bicyclic) bond motifs is 1. The first-order valence-electron chi connectivity index (χ1n) is 6.03. The number of rotatable bonds is 1. The van der Waals surface area contributed by atoms with E-state index in [1.165, 1.54) is 31.6 Å². The van der Waals surface area contributed by atoms with Crippen LogP contribution in [0.15, 0.2) is 30.3 Å². The maximum absolute atomic E-state index is 2.55. The van der Waals surface area contributed by atoms with Crippen LogP contribution >= 0.6 is 0 Å². The molecule has 1 saturated heterocycles. The van der Waals surface area contributed by atoms with Gasteiger partial charge in [0, 0.05) is 13.1 Å². The van der Waals surface area contributed by atoms with Gasteiger partial charge in [0.25, 0.3) is 0 Å². The van der Waals surface area contributed by atoms with Crippen molar-refractivity contribution in [1.29, 1.82) is 0 Å². The third-order valence-corrected chi connectivity index (χ3v) is 3.44. The van der Waals surface area contributed by atoms with Gasteiger partial charge in [-0.3, -0.25) is 0 Å². The quantitative estimate of drug-likeness (QED) is 0.678. The van der Waals surface area contributed by atoms with Crippen molar-refractivity contribution in [2.24, 2.45) is 11.8 Å². The molecule has 1 saturated carbocycles. The van der Waals surface area contributed by atoms with Crippen LogP contribution in [0.2, 0.25) is 0 Å². The molecule has 0 aromatic heterocycles. The third kappa shape index (κ3) is 3.07. The second-order valence-corrected chi connectivity index (χ2v) is 4.76. The van der Waals surface area contributed by atoms with Crippen LogP contribution in [0.4, 0.5) is 0 Å². The molecule has 82 valence electrons. The average molecular weight is 203 g/mol. The lowest BCUT2D eigenvalue weighted by molar-refractivity contribution is 0.322. The van der Waals surface area contributed by atoms with Crippen molar-refractivity contribution in [2.75, 3.05) is 19.6 Å². The molecule has 1 aliphatic heterocycles. The summed E-state index contributed by atoms with van der Waals surface area (Å²) in [5.41, 5.74) is 1.32. The van der Waals surface area contributed by atoms with Gasteiger partial charge in [0.05, 0.1) is 0 Å². The standard InChI is InChI=1S/C7H13N.C7H8/c1-2-8-4-6-3-7(6)5-8;1-7-5-3-2-4-6-7/h6-7H,2-5H2,1H3;2-6H,1H3. The first kappa shape index (κ1) is 10.7. The second kappa shape index (κ2) is 4.80. The van der Waals surface area contributed by atoms with Gasteiger partial charge in [-0.1, -0.05) is 42.8 Å². The highest BCUT2D eigenvalue weighted by Crippen LogP contribution is 2.44. The Morgan fingerprint density at radius 2 is 1.73 bits per heavy atom. The Kier molecular flexibility index (Phi) is 3.42. The summed E-state index contributed by atoms with van der Waals surface area (Å²) in [4.78, 5) is 2.55. The predicted octanol–water partition coefficient (Wildman–Crippen LogP) is 2.95. The Hall–Kier alpha value is -0.820. The number of likely N-dealkylation sites (tertiary alicyclic amines) is 1. The molecule has 1 nitrogen and oxygen atoms in total. The van der Waals surface area contributed by atoms with E-state index in [-0.39, 0.29) is 0 Å². The summed E-state index contributed by atoms with van der Waals surface area (Å²) in [7, 11) is 0. The van der Waals surface area contributed by atoms with E-state index in [1.807, 2.05) is 18.2 Å². The fourth-order valence-corrected chi connectivity index (χ4v) is 2.29. The SMILES string of the molecule is CCN1CC2CC2C1.Cc1ccccc1. The van der Waals surface area contributed by atoms with Crippen molar-refractivity contribution in [3.8, 4) is 0 Å². The van der Waals surface area contributed by atoms with Crippen molar-refractivity contribution in [1.82, 2.24) is 4.90 Å². The van der Waals surface area contributed by atoms with Gasteiger partial charge < -0.3 is 4.90 Å². The molecule has 0 N–H and O–H groups in total. The van der Waals surface area contributed by atoms with Crippen LogP contribution in [0.1, 0.15) is 18.9 Å². The average Bonchev–Trinajstić information content (AvgIpc) is 2.88. The van der Waals surface area contributed by atoms with Crippen LogP contribution in [-0.2, 0) is 0 Å². The van der Waals surface area contributed by atoms with Crippen LogP contribution in [0.25, 0.3) is 0 Å². The van der Waals surface area contributed by atoms with Gasteiger partial charge in [-0.2, -0.15) is 0 Å². The van der Waals surface area contributed by atoms with Crippen LogP contribution in [0, 0.1) is 18.8 Å². The molecule has 0 amide bonds. The Balaban J connectivity index is 0.000000115. The molecule has 1 aromatic carbocycles. The summed E-state index contributed by atoms with van der Waals surface area (Å²) in [6, 6.07) is 10.3. The lowest BCUT2D eigenvalue weighted by Gasteiger charge is -2.12. The topological polar surface area (TPSA) is 3.24 Å². The molecule has 2 atom stereocenters. The normalized spacial score (nSPS) is 27.9. The van der Waals surface area contributed by atoms with E-state index in [1.54, 1.807) is 0 Å². The Bertz CT molecular complexity index is 283. The molecule has 3 rings (SSSR count). The van der Waals surface area contributed by atoms with Gasteiger partial charge in [0.2, 0.25) is 0 Å². The fourth-order valence-electron chi connectivity index (χ4n) is 2.29. The van der Waals surface area contributed by atoms with Crippen LogP contribution in [0.5, 0.6) is 0 Å². The molecule has 1 heteroatoms. The van der Waals surface area contributed by atoms with Crippen molar-refractivity contribution >= 4 is 0 Å². The minimum absolute atomic E-state index is 1.12. The molecule has 1 aromatic rings. The number of piperidine rings is 1. The molecule has 0 spiro atoms. The van der Waals surface area contributed by atoms with Crippen molar-refractivity contribution in [2.45, 2.75) is 20.3 Å². The van der Waals surface area contributed by atoms with Crippen molar-refractivity contribution in [3.05, 3.63) is 35.9 Å². The first-order valence-corrected chi connectivity index (χ1v) is 6.03. The zero-order valence-corrected chi connectivity index (χ0v) is 9.82. The molecule has 15 heavy (non-hydrogen) atoms. The number of hydrogen-bond donors (Lipinski definition) is 0. The van der Waals surface area contributed by atoms with Crippen LogP contribution < -0.4 is 0 Å². The van der Waals surface area contributed by atoms with E-state index in [0.717, 1.165) is 11.8 Å². The lowest BCUT2D eigenvalue weighted by atomic mass is 10.2. The van der Waals surface area contributed by atoms with E-state index < -0.39 is 0 Å². The molecular weight excluding hydrogens is 182 g/mol. The van der Waals surface area contributed by atoms with Gasteiger partial charge in [-0.05, 0) is 31.7 Å². The van der Waals surface area contributed by atoms with E-state index in [4.69, 9.17) is 0 Å². The van der Waals surface area contributed by atoms with Gasteiger partial charge in [0.1, 0.15) is 0 Å². The van der Waals surface area contributed by atoms with Crippen molar-refractivity contribution in [3.63, 3.8) is 0 Å². The molecule has 0 radical (unpaired) electrons. The van der Waals surface area contributed by atoms with E-state index in [2.05, 4.69) is 30.9 Å². The summed E-state index contributed by atoms with van der Waals surface area (Å²) in [6.45, 7) is 8.42. The molecular formula is C14H21N. The summed E-state index contributed by atoms with van der Waals surface area (Å²) in [6.07, 6.45) is 1.54. The largest absolute Gasteiger partial charge is 0.303 e. The monoisotopic (exact) mass is 203 g/mol. The van der Waals surface area contributed by atoms with Gasteiger partial charge in [-0.15, -0.1) is 0 Å². The van der Waals surface area contributed by atoms with Gasteiger partial charge in [-0.25, -0.2) is 0 Å². The molecule has 2 fully saturated rings. The molecule has 0 bridgehead atoms. The highest BCUT2D eigenvalue weighted by atomic mass is 15.2. The van der Waals surface area contributed by atoms with Crippen LogP contribution in [0.3, 0.4) is 0 Å². The van der Waals surface area contributed by atoms with Gasteiger partial charge in [0.15, 0.2) is 0 Å². The molecule has 1 aliphatic carbocycles. The minimum Gasteiger partial charge on any atom is -0.303 e. The molecule has 1 heterocycles. The zero-order valence-electron chi connectivity index (χ0n) is 9.82. The third-order valence-electron chi connectivity index (χ3n) is 3.44. The minimum atomic E-state index is 1.12. The predicted molar refractivity (Wildman–Crippen MR) is 64.9 cm³/mol. The number of benzene rings is 1. The number of hydrogen-bond acceptors (Lipinski definition) is 1. The van der Waals surface area contributed by atoms with Gasteiger partial charge >= 0.3 is 0 Å². The summed E-state index contributed by atoms with van der Waals surface area (Å²) in [5, 5.41) is 0. The maximum atomic E-state index is 2.55. The summed E-state index contributed by atoms with van der Waals surface area (Å²) in [5.74, 6) is 2.24. The highest BCUT2D eigenvalue weighted by Gasteiger charge is 2.44. The molecule has 2 unspecified atom stereocenters. The Morgan fingerprint density at radius 1 is 1.13 bits per heavy atom. The summed E-state index contributed by atoms with van der Waals surface area (Å²) >= 11 is 0. The fraction of sp³-hybridized carbons (Fsp3) is 0.571. The second-order valence-electron chi connectivity index (χ2n) is 4.76. The number of aryl methyl sites for hydroxylation is 1. The Labute approximate surface area is 93.1 Å². The highest BCUT2D eigenvalue weighted by molar-refractivity contribution is 5.11. The maximum Gasteiger partial charge on any atom is 0.00129 e. The zero-order chi connectivity index (χ0) is 10.7. The summed E-state index contributed by atoms with van der Waals surface area (Å²) < 4.78 is 0. The smallest absolute Gasteiger partial charge is 0.00129 e. The number of nitrogens with zero attached hydrogens (tertiary/aromatic N) is 1. The van der Waals surface area contributed by atoms with Crippen LogP contribution in [-0.4, -0.2) is 24.5 Å². The lowest BCUT2D eigenvalue weighted by Crippen LogP contribution is -2.21. The van der Waals surface area contributed by atoms with Crippen molar-refractivity contribution < 1.29 is 0 Å². The first-order chi connectivity index (χ1) is 7.29. The van der Waals surface area contributed by atoms with E-state index in [0.29, 0.717) is 0 Å².